The van der Waals surface area contributed by atoms with Gasteiger partial charge in [0, 0.05) is 13.0 Å². The van der Waals surface area contributed by atoms with Crippen LogP contribution in [0.25, 0.3) is 10.4 Å². The van der Waals surface area contributed by atoms with Crippen LogP contribution in [-0.4, -0.2) is 52.5 Å². The Kier molecular flexibility index (Phi) is 14.6. The fourth-order valence-corrected chi connectivity index (χ4v) is 4.50. The molecular formula is C27H37MnN4O4S. The first-order valence-electron chi connectivity index (χ1n) is 11.5. The normalized spacial score (nSPS) is 15.4. The Bertz CT molecular complexity index is 1030. The van der Waals surface area contributed by atoms with Crippen molar-refractivity contribution in [1.29, 1.82) is 0 Å². The number of aryl methyl sites for hydroxylation is 1. The number of aromatic nitrogens is 1. The number of Topliss-reactive ketones (excluding diaryl/α,β-unsaturated/α-hetero) is 1. The average molecular weight is 569 g/mol. The maximum absolute atomic E-state index is 13.0. The second kappa shape index (κ2) is 15.6. The number of rotatable bonds is 7. The van der Waals surface area contributed by atoms with Crippen molar-refractivity contribution in [1.82, 2.24) is 20.5 Å². The molecule has 2 aromatic rings. The van der Waals surface area contributed by atoms with E-state index in [2.05, 4.69) is 22.5 Å². The van der Waals surface area contributed by atoms with Gasteiger partial charge < -0.3 is 34.7 Å². The second-order valence-corrected chi connectivity index (χ2v) is 10.3. The molecule has 0 bridgehead atoms. The molecule has 0 saturated carbocycles. The van der Waals surface area contributed by atoms with E-state index < -0.39 is 29.3 Å². The van der Waals surface area contributed by atoms with Gasteiger partial charge in [-0.3, -0.25) is 14.4 Å². The van der Waals surface area contributed by atoms with E-state index >= 15 is 0 Å². The van der Waals surface area contributed by atoms with Crippen molar-refractivity contribution >= 4 is 35.3 Å². The van der Waals surface area contributed by atoms with Gasteiger partial charge in [0.1, 0.15) is 6.04 Å². The van der Waals surface area contributed by atoms with Gasteiger partial charge in [-0.1, -0.05) is 52.0 Å². The molecule has 1 aliphatic rings. The summed E-state index contributed by atoms with van der Waals surface area (Å²) in [7, 11) is 0. The van der Waals surface area contributed by atoms with Gasteiger partial charge >= 0.3 is 17.1 Å². The summed E-state index contributed by atoms with van der Waals surface area (Å²) in [6.07, 6.45) is 2.52. The molecule has 0 radical (unpaired) electrons. The van der Waals surface area contributed by atoms with E-state index in [0.29, 0.717) is 0 Å². The first-order chi connectivity index (χ1) is 16.5. The van der Waals surface area contributed by atoms with Crippen LogP contribution in [-0.2, 0) is 42.8 Å². The average Bonchev–Trinajstić information content (AvgIpc) is 3.41. The Labute approximate surface area is 235 Å². The molecule has 202 valence electrons. The van der Waals surface area contributed by atoms with Gasteiger partial charge in [0.05, 0.1) is 28.7 Å². The number of carbonyl (C=O) groups is 3. The summed E-state index contributed by atoms with van der Waals surface area (Å²) >= 11 is 1.57. The predicted octanol–water partition coefficient (Wildman–Crippen LogP) is 3.65. The molecule has 1 fully saturated rings. The number of hydrogen-bond acceptors (Lipinski definition) is 6. The van der Waals surface area contributed by atoms with Gasteiger partial charge in [-0.15, -0.1) is 11.3 Å². The summed E-state index contributed by atoms with van der Waals surface area (Å²) in [5.41, 5.74) is 4.14. The zero-order valence-electron chi connectivity index (χ0n) is 22.4. The Morgan fingerprint density at radius 1 is 1.27 bits per heavy atom. The standard InChI is InChI=1S/C23H27N4O4S.C3H7.CH3.Mn/c1-14-19(32-13-26-14)16-7-5-15(6-8-16)10-24-21(30)18-9-17(29)11-27(18)22(31)20(25-12-28)23(2,3)4;1-3-2;;/h5-8,13,18,20H,9-11H2,1-4H3,(H,24,30)(H,25,28);1,3H2,2H3;1H3;/q3*-1;+3. The monoisotopic (exact) mass is 568 g/mol. The largest absolute Gasteiger partial charge is 3.00 e. The molecule has 1 aliphatic heterocycles. The van der Waals surface area contributed by atoms with Crippen molar-refractivity contribution in [2.24, 2.45) is 5.41 Å². The molecule has 2 atom stereocenters. The van der Waals surface area contributed by atoms with Crippen LogP contribution in [0.3, 0.4) is 0 Å². The molecule has 8 nitrogen and oxygen atoms in total. The van der Waals surface area contributed by atoms with E-state index in [1.807, 2.05) is 43.6 Å². The van der Waals surface area contributed by atoms with Crippen LogP contribution < -0.4 is 10.6 Å². The minimum absolute atomic E-state index is 0. The van der Waals surface area contributed by atoms with Gasteiger partial charge in [-0.25, -0.2) is 4.98 Å². The third-order valence-corrected chi connectivity index (χ3v) is 6.45. The molecular weight excluding hydrogens is 531 g/mol. The van der Waals surface area contributed by atoms with Gasteiger partial charge in [0.15, 0.2) is 5.78 Å². The molecule has 1 aromatic carbocycles. The third-order valence-electron chi connectivity index (χ3n) is 5.47. The SMILES string of the molecule is Cc1ncsc1-c1ccc(CNC(=O)C2CC(=O)CN2C(=O)C(N[C-]=O)C(C)(C)C)cc1.[CH2-]CC.[CH3-].[Mn+3]. The fourth-order valence-electron chi connectivity index (χ4n) is 3.69. The fraction of sp³-hybridized carbons (Fsp3) is 0.444. The molecule has 0 spiro atoms. The minimum Gasteiger partial charge on any atom is -0.520 e. The first kappa shape index (κ1) is 34.4. The van der Waals surface area contributed by atoms with Gasteiger partial charge in [-0.05, 0) is 23.5 Å². The summed E-state index contributed by atoms with van der Waals surface area (Å²) in [6.45, 7) is 13.0. The number of nitrogens with one attached hydrogen (secondary N) is 2. The predicted molar refractivity (Wildman–Crippen MR) is 143 cm³/mol. The summed E-state index contributed by atoms with van der Waals surface area (Å²) in [6, 6.07) is 6.03. The van der Waals surface area contributed by atoms with E-state index in [-0.39, 0.29) is 49.8 Å². The number of nitrogens with zero attached hydrogens (tertiary/aromatic N) is 2. The number of ketones is 1. The number of benzene rings is 1. The summed E-state index contributed by atoms with van der Waals surface area (Å²) in [5.74, 6) is -1.05. The number of amides is 3. The zero-order valence-corrected chi connectivity index (χ0v) is 24.4. The third kappa shape index (κ3) is 9.36. The van der Waals surface area contributed by atoms with Crippen LogP contribution in [0.15, 0.2) is 29.8 Å². The maximum Gasteiger partial charge on any atom is 3.00 e. The quantitative estimate of drug-likeness (QED) is 0.301. The summed E-state index contributed by atoms with van der Waals surface area (Å²) < 4.78 is 0. The molecule has 0 aliphatic carbocycles. The summed E-state index contributed by atoms with van der Waals surface area (Å²) in [5, 5.41) is 5.24. The summed E-state index contributed by atoms with van der Waals surface area (Å²) in [4.78, 5) is 55.5. The molecule has 2 N–H and O–H groups in total. The molecule has 3 rings (SSSR count). The molecule has 3 amide bonds. The van der Waals surface area contributed by atoms with Gasteiger partial charge in [0.25, 0.3) is 0 Å². The Balaban J connectivity index is 0.00000247. The van der Waals surface area contributed by atoms with Crippen LogP contribution in [0.4, 0.5) is 0 Å². The van der Waals surface area contributed by atoms with Crippen LogP contribution in [0.1, 0.15) is 51.8 Å². The van der Waals surface area contributed by atoms with Crippen molar-refractivity contribution in [3.8, 4) is 10.4 Å². The Morgan fingerprint density at radius 3 is 2.35 bits per heavy atom. The van der Waals surface area contributed by atoms with Crippen LogP contribution >= 0.6 is 11.3 Å². The molecule has 1 aromatic heterocycles. The van der Waals surface area contributed by atoms with Crippen molar-refractivity contribution in [2.75, 3.05) is 6.54 Å². The first-order valence-corrected chi connectivity index (χ1v) is 12.4. The van der Waals surface area contributed by atoms with Gasteiger partial charge in [0.2, 0.25) is 11.8 Å². The molecule has 2 heterocycles. The smallest absolute Gasteiger partial charge is 0.520 e. The van der Waals surface area contributed by atoms with Gasteiger partial charge in [-0.2, -0.15) is 12.8 Å². The molecule has 37 heavy (non-hydrogen) atoms. The molecule has 1 saturated heterocycles. The van der Waals surface area contributed by atoms with E-state index in [0.717, 1.165) is 28.1 Å². The van der Waals surface area contributed by atoms with Crippen molar-refractivity contribution in [3.05, 3.63) is 55.4 Å². The maximum atomic E-state index is 13.0. The topological polar surface area (TPSA) is 108 Å². The van der Waals surface area contributed by atoms with E-state index in [9.17, 15) is 19.2 Å². The molecule has 2 unspecified atom stereocenters. The van der Waals surface area contributed by atoms with Crippen molar-refractivity contribution in [3.63, 3.8) is 0 Å². The minimum atomic E-state index is -0.896. The number of likely N-dealkylation sites (tertiary alicyclic amines) is 1. The number of thiazole rings is 1. The van der Waals surface area contributed by atoms with E-state index in [4.69, 9.17) is 0 Å². The number of carbonyl (C=O) groups excluding carboxylic acids is 4. The van der Waals surface area contributed by atoms with E-state index in [1.54, 1.807) is 38.5 Å². The van der Waals surface area contributed by atoms with Crippen LogP contribution in [0.5, 0.6) is 0 Å². The second-order valence-electron chi connectivity index (χ2n) is 9.45. The van der Waals surface area contributed by atoms with Crippen LogP contribution in [0.2, 0.25) is 0 Å². The number of hydrogen-bond donors (Lipinski definition) is 2. The van der Waals surface area contributed by atoms with E-state index in [1.165, 1.54) is 4.90 Å². The van der Waals surface area contributed by atoms with Crippen molar-refractivity contribution < 1.29 is 36.2 Å². The van der Waals surface area contributed by atoms with Crippen LogP contribution in [0, 0.1) is 26.7 Å². The molecule has 10 heteroatoms. The Hall–Kier alpha value is -2.55. The zero-order chi connectivity index (χ0) is 26.2. The van der Waals surface area contributed by atoms with Crippen molar-refractivity contribution in [2.45, 2.75) is 66.1 Å². The Morgan fingerprint density at radius 2 is 1.86 bits per heavy atom.